The lowest BCUT2D eigenvalue weighted by atomic mass is 10.1. The number of anilines is 1. The fourth-order valence-electron chi connectivity index (χ4n) is 2.19. The summed E-state index contributed by atoms with van der Waals surface area (Å²) < 4.78 is 31.9. The molecule has 27 heavy (non-hydrogen) atoms. The van der Waals surface area contributed by atoms with Crippen molar-refractivity contribution >= 4 is 27.6 Å². The second-order valence-electron chi connectivity index (χ2n) is 5.94. The quantitative estimate of drug-likeness (QED) is 0.722. The Morgan fingerprint density at radius 3 is 2.30 bits per heavy atom. The Kier molecular flexibility index (Phi) is 6.06. The third kappa shape index (κ3) is 4.98. The number of hydrogen-bond donors (Lipinski definition) is 2. The average molecular weight is 392 g/mol. The van der Waals surface area contributed by atoms with Gasteiger partial charge in [-0.1, -0.05) is 12.1 Å². The molecule has 0 aromatic heterocycles. The van der Waals surface area contributed by atoms with Gasteiger partial charge in [0.25, 0.3) is 10.0 Å². The first-order valence-corrected chi connectivity index (χ1v) is 9.35. The maximum atomic E-state index is 12.5. The molecule has 0 unspecified atom stereocenters. The molecule has 0 bridgehead atoms. The zero-order valence-electron chi connectivity index (χ0n) is 15.1. The number of amides is 1. The van der Waals surface area contributed by atoms with Gasteiger partial charge >= 0.3 is 5.97 Å². The highest BCUT2D eigenvalue weighted by Crippen LogP contribution is 2.24. The predicted molar refractivity (Wildman–Crippen MR) is 99.1 cm³/mol. The third-order valence-corrected chi connectivity index (χ3v) is 5.12. The fraction of sp³-hybridized carbons (Fsp3) is 0.222. The normalized spacial score (nSPS) is 10.9. The molecule has 0 heterocycles. The Bertz CT molecular complexity index is 952. The molecule has 2 rings (SSSR count). The summed E-state index contributed by atoms with van der Waals surface area (Å²) in [5, 5.41) is 9.69. The summed E-state index contributed by atoms with van der Waals surface area (Å²) >= 11 is 0. The van der Waals surface area contributed by atoms with Crippen molar-refractivity contribution in [3.63, 3.8) is 0 Å². The minimum absolute atomic E-state index is 0.0669. The van der Waals surface area contributed by atoms with Gasteiger partial charge in [-0.3, -0.25) is 9.52 Å². The van der Waals surface area contributed by atoms with Gasteiger partial charge in [0.1, 0.15) is 11.3 Å². The van der Waals surface area contributed by atoms with Crippen LogP contribution in [-0.2, 0) is 26.0 Å². The lowest BCUT2D eigenvalue weighted by Gasteiger charge is -2.12. The largest absolute Gasteiger partial charge is 0.507 e. The van der Waals surface area contributed by atoms with E-state index in [1.807, 2.05) is 0 Å². The number of aromatic hydroxyl groups is 1. The zero-order chi connectivity index (χ0) is 20.2. The van der Waals surface area contributed by atoms with Crippen LogP contribution in [0.15, 0.2) is 47.4 Å². The van der Waals surface area contributed by atoms with Gasteiger partial charge in [0.05, 0.1) is 18.4 Å². The SMILES string of the molecule is COC(=O)c1cc(S(=O)(=O)Nc2ccc(CC(=O)N(C)C)cc2)ccc1O. The van der Waals surface area contributed by atoms with Crippen molar-refractivity contribution in [3.05, 3.63) is 53.6 Å². The van der Waals surface area contributed by atoms with Crippen LogP contribution in [0.2, 0.25) is 0 Å². The molecule has 8 nitrogen and oxygen atoms in total. The number of esters is 1. The summed E-state index contributed by atoms with van der Waals surface area (Å²) in [6.45, 7) is 0. The molecule has 0 aliphatic rings. The van der Waals surface area contributed by atoms with Crippen molar-refractivity contribution < 1.29 is 27.9 Å². The van der Waals surface area contributed by atoms with Crippen LogP contribution in [0.3, 0.4) is 0 Å². The molecule has 0 radical (unpaired) electrons. The molecule has 144 valence electrons. The van der Waals surface area contributed by atoms with Gasteiger partial charge in [-0.15, -0.1) is 0 Å². The Morgan fingerprint density at radius 2 is 1.74 bits per heavy atom. The highest BCUT2D eigenvalue weighted by molar-refractivity contribution is 7.92. The van der Waals surface area contributed by atoms with Gasteiger partial charge < -0.3 is 14.7 Å². The van der Waals surface area contributed by atoms with Crippen LogP contribution in [0.4, 0.5) is 5.69 Å². The van der Waals surface area contributed by atoms with Crippen molar-refractivity contribution in [1.29, 1.82) is 0 Å². The first-order valence-electron chi connectivity index (χ1n) is 7.87. The number of phenolic OH excluding ortho intramolecular Hbond substituents is 1. The molecule has 0 aliphatic carbocycles. The number of nitrogens with one attached hydrogen (secondary N) is 1. The summed E-state index contributed by atoms with van der Waals surface area (Å²) in [5.41, 5.74) is 0.788. The number of likely N-dealkylation sites (N-methyl/N-ethyl adjacent to an activating group) is 1. The van der Waals surface area contributed by atoms with Crippen LogP contribution in [0.25, 0.3) is 0 Å². The van der Waals surface area contributed by atoms with E-state index >= 15 is 0 Å². The second-order valence-corrected chi connectivity index (χ2v) is 7.62. The van der Waals surface area contributed by atoms with Gasteiger partial charge in [0, 0.05) is 19.8 Å². The highest BCUT2D eigenvalue weighted by atomic mass is 32.2. The number of ether oxygens (including phenoxy) is 1. The molecular formula is C18H20N2O6S. The fourth-order valence-corrected chi connectivity index (χ4v) is 3.28. The number of benzene rings is 2. The van der Waals surface area contributed by atoms with Crippen LogP contribution in [-0.4, -0.2) is 51.5 Å². The maximum Gasteiger partial charge on any atom is 0.341 e. The Balaban J connectivity index is 2.21. The first kappa shape index (κ1) is 20.2. The molecule has 9 heteroatoms. The second kappa shape index (κ2) is 8.09. The van der Waals surface area contributed by atoms with Gasteiger partial charge in [-0.2, -0.15) is 0 Å². The standard InChI is InChI=1S/C18H20N2O6S/c1-20(2)17(22)10-12-4-6-13(7-5-12)19-27(24,25)14-8-9-16(21)15(11-14)18(23)26-3/h4-9,11,19,21H,10H2,1-3H3. The number of phenols is 1. The summed E-state index contributed by atoms with van der Waals surface area (Å²) in [4.78, 5) is 24.6. The van der Waals surface area contributed by atoms with Gasteiger partial charge in [0.15, 0.2) is 0 Å². The van der Waals surface area contributed by atoms with Crippen molar-refractivity contribution in [2.75, 3.05) is 25.9 Å². The van der Waals surface area contributed by atoms with Crippen molar-refractivity contribution in [2.24, 2.45) is 0 Å². The van der Waals surface area contributed by atoms with Gasteiger partial charge in [-0.05, 0) is 35.9 Å². The van der Waals surface area contributed by atoms with E-state index in [0.717, 1.165) is 24.8 Å². The molecule has 1 amide bonds. The van der Waals surface area contributed by atoms with E-state index in [1.165, 1.54) is 23.1 Å². The first-order chi connectivity index (χ1) is 12.6. The molecule has 0 saturated heterocycles. The molecule has 2 N–H and O–H groups in total. The number of hydrogen-bond acceptors (Lipinski definition) is 6. The van der Waals surface area contributed by atoms with E-state index in [0.29, 0.717) is 5.69 Å². The summed E-state index contributed by atoms with van der Waals surface area (Å²) in [6.07, 6.45) is 0.209. The summed E-state index contributed by atoms with van der Waals surface area (Å²) in [7, 11) is 0.457. The number of carbonyl (C=O) groups excluding carboxylic acids is 2. The number of nitrogens with zero attached hydrogens (tertiary/aromatic N) is 1. The van der Waals surface area contributed by atoms with E-state index in [2.05, 4.69) is 9.46 Å². The van der Waals surface area contributed by atoms with Gasteiger partial charge in [0.2, 0.25) is 5.91 Å². The van der Waals surface area contributed by atoms with Crippen LogP contribution < -0.4 is 4.72 Å². The van der Waals surface area contributed by atoms with Crippen molar-refractivity contribution in [2.45, 2.75) is 11.3 Å². The number of rotatable bonds is 6. The minimum Gasteiger partial charge on any atom is -0.507 e. The number of carbonyl (C=O) groups is 2. The van der Waals surface area contributed by atoms with E-state index < -0.39 is 16.0 Å². The van der Waals surface area contributed by atoms with Crippen molar-refractivity contribution in [3.8, 4) is 5.75 Å². The maximum absolute atomic E-state index is 12.5. The molecule has 0 spiro atoms. The van der Waals surface area contributed by atoms with E-state index in [-0.39, 0.29) is 28.5 Å². The summed E-state index contributed by atoms with van der Waals surface area (Å²) in [6, 6.07) is 9.69. The van der Waals surface area contributed by atoms with Gasteiger partial charge in [-0.25, -0.2) is 13.2 Å². The zero-order valence-corrected chi connectivity index (χ0v) is 15.9. The van der Waals surface area contributed by atoms with Crippen molar-refractivity contribution in [1.82, 2.24) is 4.90 Å². The molecule has 0 atom stereocenters. The molecule has 2 aromatic rings. The topological polar surface area (TPSA) is 113 Å². The Labute approximate surface area is 157 Å². The average Bonchev–Trinajstić information content (AvgIpc) is 2.62. The molecule has 0 aliphatic heterocycles. The lowest BCUT2D eigenvalue weighted by molar-refractivity contribution is -0.127. The van der Waals surface area contributed by atoms with Crippen LogP contribution >= 0.6 is 0 Å². The van der Waals surface area contributed by atoms with Crippen LogP contribution in [0.1, 0.15) is 15.9 Å². The molecule has 0 saturated carbocycles. The van der Waals surface area contributed by atoms with E-state index in [9.17, 15) is 23.1 Å². The van der Waals surface area contributed by atoms with E-state index in [4.69, 9.17) is 0 Å². The Morgan fingerprint density at radius 1 is 1.11 bits per heavy atom. The Hall–Kier alpha value is -3.07. The molecule has 0 fully saturated rings. The smallest absolute Gasteiger partial charge is 0.341 e. The van der Waals surface area contributed by atoms with E-state index in [1.54, 1.807) is 26.2 Å². The van der Waals surface area contributed by atoms with Crippen LogP contribution in [0, 0.1) is 0 Å². The number of methoxy groups -OCH3 is 1. The molecular weight excluding hydrogens is 372 g/mol. The van der Waals surface area contributed by atoms with Crippen LogP contribution in [0.5, 0.6) is 5.75 Å². The minimum atomic E-state index is -3.99. The lowest BCUT2D eigenvalue weighted by Crippen LogP contribution is -2.23. The monoisotopic (exact) mass is 392 g/mol. The predicted octanol–water partition coefficient (Wildman–Crippen LogP) is 1.61. The summed E-state index contributed by atoms with van der Waals surface area (Å²) in [5.74, 6) is -1.29. The number of sulfonamides is 1. The highest BCUT2D eigenvalue weighted by Gasteiger charge is 2.20. The molecule has 2 aromatic carbocycles. The third-order valence-electron chi connectivity index (χ3n) is 3.74.